The van der Waals surface area contributed by atoms with Gasteiger partial charge in [0.15, 0.2) is 0 Å². The summed E-state index contributed by atoms with van der Waals surface area (Å²) in [5.41, 5.74) is 5.48. The van der Waals surface area contributed by atoms with Crippen molar-refractivity contribution in [2.24, 2.45) is 0 Å². The van der Waals surface area contributed by atoms with Crippen molar-refractivity contribution in [3.05, 3.63) is 71.9 Å². The van der Waals surface area contributed by atoms with Gasteiger partial charge in [-0.2, -0.15) is 0 Å². The van der Waals surface area contributed by atoms with Gasteiger partial charge in [-0.15, -0.1) is 0 Å². The molecule has 0 atom stereocenters. The minimum absolute atomic E-state index is 0.899. The minimum Gasteiger partial charge on any atom is -0.340 e. The summed E-state index contributed by atoms with van der Waals surface area (Å²) in [5, 5.41) is 3.41. The van der Waals surface area contributed by atoms with Crippen molar-refractivity contribution in [1.82, 2.24) is 9.97 Å². The maximum atomic E-state index is 4.71. The Morgan fingerprint density at radius 2 is 1.70 bits per heavy atom. The Balaban J connectivity index is 1.77. The Morgan fingerprint density at radius 3 is 2.60 bits per heavy atom. The molecule has 20 heavy (non-hydrogen) atoms. The summed E-state index contributed by atoms with van der Waals surface area (Å²) >= 11 is 0. The highest BCUT2D eigenvalue weighted by Gasteiger charge is 2.16. The number of aromatic nitrogens is 2. The van der Waals surface area contributed by atoms with Crippen LogP contribution in [0.15, 0.2) is 60.8 Å². The number of hydrogen-bond acceptors (Lipinski definition) is 3. The third kappa shape index (κ3) is 1.84. The molecular formula is C17H13N3. The lowest BCUT2D eigenvalue weighted by molar-refractivity contribution is 1.11. The van der Waals surface area contributed by atoms with Gasteiger partial charge < -0.3 is 5.32 Å². The molecule has 3 heterocycles. The molecule has 0 unspecified atom stereocenters. The fourth-order valence-electron chi connectivity index (χ4n) is 2.52. The van der Waals surface area contributed by atoms with Crippen LogP contribution in [0.25, 0.3) is 11.4 Å². The molecule has 3 heteroatoms. The molecule has 0 saturated heterocycles. The zero-order valence-corrected chi connectivity index (χ0v) is 10.9. The summed E-state index contributed by atoms with van der Waals surface area (Å²) in [5.74, 6) is 0.937. The van der Waals surface area contributed by atoms with E-state index in [-0.39, 0.29) is 0 Å². The normalized spacial score (nSPS) is 12.2. The van der Waals surface area contributed by atoms with Crippen molar-refractivity contribution in [3.63, 3.8) is 0 Å². The van der Waals surface area contributed by atoms with Crippen molar-refractivity contribution in [1.29, 1.82) is 0 Å². The van der Waals surface area contributed by atoms with Crippen LogP contribution in [0, 0.1) is 0 Å². The smallest absolute Gasteiger partial charge is 0.134 e. The van der Waals surface area contributed by atoms with E-state index in [1.165, 1.54) is 11.1 Å². The fraction of sp³-hybridized carbons (Fsp3) is 0.0588. The van der Waals surface area contributed by atoms with Crippen LogP contribution in [0.4, 0.5) is 11.5 Å². The molecule has 0 amide bonds. The van der Waals surface area contributed by atoms with Crippen molar-refractivity contribution in [3.8, 4) is 11.4 Å². The molecule has 1 aromatic carbocycles. The van der Waals surface area contributed by atoms with Crippen molar-refractivity contribution >= 4 is 11.5 Å². The SMILES string of the molecule is c1ccc(-c2ccc3c(n2)Nc2ccccc2C3)nc1. The molecule has 1 aliphatic heterocycles. The molecule has 0 fully saturated rings. The molecule has 3 aromatic rings. The van der Waals surface area contributed by atoms with Crippen molar-refractivity contribution in [2.45, 2.75) is 6.42 Å². The summed E-state index contributed by atoms with van der Waals surface area (Å²) in [6.45, 7) is 0. The number of para-hydroxylation sites is 1. The van der Waals surface area contributed by atoms with E-state index in [0.29, 0.717) is 0 Å². The van der Waals surface area contributed by atoms with Gasteiger partial charge in [0, 0.05) is 18.3 Å². The van der Waals surface area contributed by atoms with Crippen LogP contribution in [0.5, 0.6) is 0 Å². The molecule has 1 N–H and O–H groups in total. The highest BCUT2D eigenvalue weighted by Crippen LogP contribution is 2.32. The van der Waals surface area contributed by atoms with Gasteiger partial charge in [-0.3, -0.25) is 4.98 Å². The number of hydrogen-bond donors (Lipinski definition) is 1. The van der Waals surface area contributed by atoms with Crippen molar-refractivity contribution < 1.29 is 0 Å². The first kappa shape index (κ1) is 11.2. The van der Waals surface area contributed by atoms with Gasteiger partial charge >= 0.3 is 0 Å². The van der Waals surface area contributed by atoms with Crippen LogP contribution in [-0.2, 0) is 6.42 Å². The Kier molecular flexibility index (Phi) is 2.49. The second-order valence-corrected chi connectivity index (χ2v) is 4.88. The Hall–Kier alpha value is -2.68. The standard InChI is InChI=1S/C17H13N3/c1-2-6-14-12(5-1)11-13-8-9-16(20-17(13)19-14)15-7-3-4-10-18-15/h1-10H,11H2,(H,19,20). The van der Waals surface area contributed by atoms with Gasteiger partial charge in [-0.25, -0.2) is 4.98 Å². The molecule has 0 radical (unpaired) electrons. The molecule has 0 spiro atoms. The number of fused-ring (bicyclic) bond motifs is 2. The van der Waals surface area contributed by atoms with Gasteiger partial charge in [-0.1, -0.05) is 30.3 Å². The lowest BCUT2D eigenvalue weighted by atomic mass is 9.99. The van der Waals surface area contributed by atoms with Gasteiger partial charge in [-0.05, 0) is 35.4 Å². The zero-order valence-electron chi connectivity index (χ0n) is 10.9. The first-order valence-electron chi connectivity index (χ1n) is 6.66. The van der Waals surface area contributed by atoms with Crippen LogP contribution < -0.4 is 5.32 Å². The monoisotopic (exact) mass is 259 g/mol. The van der Waals surface area contributed by atoms with E-state index in [2.05, 4.69) is 34.6 Å². The number of anilines is 2. The van der Waals surface area contributed by atoms with Crippen LogP contribution >= 0.6 is 0 Å². The Bertz CT molecular complexity index is 766. The predicted molar refractivity (Wildman–Crippen MR) is 80.0 cm³/mol. The van der Waals surface area contributed by atoms with Crippen LogP contribution in [0.3, 0.4) is 0 Å². The maximum absolute atomic E-state index is 4.71. The second-order valence-electron chi connectivity index (χ2n) is 4.88. The van der Waals surface area contributed by atoms with Crippen LogP contribution in [0.2, 0.25) is 0 Å². The topological polar surface area (TPSA) is 37.8 Å². The van der Waals surface area contributed by atoms with E-state index in [1.54, 1.807) is 6.20 Å². The van der Waals surface area contributed by atoms with Gasteiger partial charge in [0.2, 0.25) is 0 Å². The number of benzene rings is 1. The fourth-order valence-corrected chi connectivity index (χ4v) is 2.52. The number of pyridine rings is 2. The van der Waals surface area contributed by atoms with E-state index in [1.807, 2.05) is 30.3 Å². The minimum atomic E-state index is 0.899. The summed E-state index contributed by atoms with van der Waals surface area (Å²) < 4.78 is 0. The molecule has 96 valence electrons. The average Bonchev–Trinajstić information content (AvgIpc) is 2.53. The molecule has 3 nitrogen and oxygen atoms in total. The summed E-state index contributed by atoms with van der Waals surface area (Å²) in [7, 11) is 0. The number of rotatable bonds is 1. The molecule has 4 rings (SSSR count). The van der Waals surface area contributed by atoms with Crippen LogP contribution in [-0.4, -0.2) is 9.97 Å². The summed E-state index contributed by atoms with van der Waals surface area (Å²) in [4.78, 5) is 9.06. The quantitative estimate of drug-likeness (QED) is 0.565. The second kappa shape index (κ2) is 4.46. The van der Waals surface area contributed by atoms with Gasteiger partial charge in [0.1, 0.15) is 5.82 Å². The third-order valence-corrected chi connectivity index (χ3v) is 3.56. The molecule has 0 aliphatic carbocycles. The molecule has 0 saturated carbocycles. The Morgan fingerprint density at radius 1 is 0.800 bits per heavy atom. The summed E-state index contributed by atoms with van der Waals surface area (Å²) in [6, 6.07) is 18.4. The highest BCUT2D eigenvalue weighted by molar-refractivity contribution is 5.71. The molecule has 2 aromatic heterocycles. The molecular weight excluding hydrogens is 246 g/mol. The third-order valence-electron chi connectivity index (χ3n) is 3.56. The Labute approximate surface area is 117 Å². The number of nitrogens with one attached hydrogen (secondary N) is 1. The zero-order chi connectivity index (χ0) is 13.4. The lowest BCUT2D eigenvalue weighted by Gasteiger charge is -2.20. The predicted octanol–water partition coefficient (Wildman–Crippen LogP) is 3.79. The summed E-state index contributed by atoms with van der Waals surface area (Å²) in [6.07, 6.45) is 2.72. The van der Waals surface area contributed by atoms with Gasteiger partial charge in [0.05, 0.1) is 11.4 Å². The first-order valence-corrected chi connectivity index (χ1v) is 6.66. The van der Waals surface area contributed by atoms with E-state index >= 15 is 0 Å². The van der Waals surface area contributed by atoms with E-state index < -0.39 is 0 Å². The first-order chi connectivity index (χ1) is 9.90. The largest absolute Gasteiger partial charge is 0.340 e. The molecule has 1 aliphatic rings. The van der Waals surface area contributed by atoms with E-state index in [9.17, 15) is 0 Å². The van der Waals surface area contributed by atoms with E-state index in [4.69, 9.17) is 4.98 Å². The number of nitrogens with zero attached hydrogens (tertiary/aromatic N) is 2. The van der Waals surface area contributed by atoms with Gasteiger partial charge in [0.25, 0.3) is 0 Å². The lowest BCUT2D eigenvalue weighted by Crippen LogP contribution is -2.08. The highest BCUT2D eigenvalue weighted by atomic mass is 15.0. The van der Waals surface area contributed by atoms with Crippen LogP contribution in [0.1, 0.15) is 11.1 Å². The average molecular weight is 259 g/mol. The van der Waals surface area contributed by atoms with Crippen molar-refractivity contribution in [2.75, 3.05) is 5.32 Å². The maximum Gasteiger partial charge on any atom is 0.134 e. The van der Waals surface area contributed by atoms with E-state index in [0.717, 1.165) is 29.3 Å². The molecule has 0 bridgehead atoms.